The molecule has 0 bridgehead atoms. The zero-order chi connectivity index (χ0) is 16.5. The number of anilines is 1. The van der Waals surface area contributed by atoms with Gasteiger partial charge in [0.25, 0.3) is 0 Å². The molecule has 0 radical (unpaired) electrons. The van der Waals surface area contributed by atoms with Crippen LogP contribution >= 0.6 is 11.6 Å². The van der Waals surface area contributed by atoms with Crippen LogP contribution in [0.4, 0.5) is 5.95 Å². The Morgan fingerprint density at radius 1 is 1.17 bits per heavy atom. The first-order chi connectivity index (χ1) is 11.7. The second kappa shape index (κ2) is 6.44. The number of aryl methyl sites for hydroxylation is 1. The monoisotopic (exact) mass is 340 g/mol. The number of rotatable bonds is 3. The number of hydrogen-bond donors (Lipinski definition) is 2. The van der Waals surface area contributed by atoms with Crippen molar-refractivity contribution in [2.24, 2.45) is 0 Å². The highest BCUT2D eigenvalue weighted by molar-refractivity contribution is 6.33. The molecule has 4 nitrogen and oxygen atoms in total. The third-order valence-corrected chi connectivity index (χ3v) is 5.09. The van der Waals surface area contributed by atoms with Gasteiger partial charge in [0.15, 0.2) is 0 Å². The molecule has 2 N–H and O–H groups in total. The maximum Gasteiger partial charge on any atom is 0.223 e. The number of H-pyrrole nitrogens is 1. The lowest BCUT2D eigenvalue weighted by Gasteiger charge is -2.22. The fraction of sp³-hybridized carbons (Fsp3) is 0.368. The molecule has 0 amide bonds. The van der Waals surface area contributed by atoms with Crippen molar-refractivity contribution >= 4 is 28.5 Å². The molecule has 0 atom stereocenters. The second-order valence-corrected chi connectivity index (χ2v) is 6.95. The largest absolute Gasteiger partial charge is 0.358 e. The summed E-state index contributed by atoms with van der Waals surface area (Å²) in [4.78, 5) is 12.5. The summed E-state index contributed by atoms with van der Waals surface area (Å²) < 4.78 is 0. The molecule has 124 valence electrons. The van der Waals surface area contributed by atoms with E-state index in [9.17, 15) is 0 Å². The minimum atomic E-state index is 0.469. The maximum absolute atomic E-state index is 6.44. The summed E-state index contributed by atoms with van der Waals surface area (Å²) in [5.41, 5.74) is 4.02. The Labute approximate surface area is 146 Å². The molecule has 3 aromatic rings. The van der Waals surface area contributed by atoms with Gasteiger partial charge in [-0.05, 0) is 25.8 Å². The van der Waals surface area contributed by atoms with Gasteiger partial charge < -0.3 is 10.3 Å². The molecule has 2 aromatic heterocycles. The van der Waals surface area contributed by atoms with E-state index in [1.54, 1.807) is 6.20 Å². The van der Waals surface area contributed by atoms with Gasteiger partial charge in [-0.1, -0.05) is 49.1 Å². The first-order valence-electron chi connectivity index (χ1n) is 8.59. The van der Waals surface area contributed by atoms with E-state index in [1.807, 2.05) is 12.1 Å². The van der Waals surface area contributed by atoms with Crippen molar-refractivity contribution in [1.29, 1.82) is 0 Å². The summed E-state index contributed by atoms with van der Waals surface area (Å²) in [5, 5.41) is 5.21. The van der Waals surface area contributed by atoms with E-state index >= 15 is 0 Å². The van der Waals surface area contributed by atoms with Crippen LogP contribution in [0, 0.1) is 6.92 Å². The highest BCUT2D eigenvalue weighted by Crippen LogP contribution is 2.35. The van der Waals surface area contributed by atoms with Crippen LogP contribution in [-0.4, -0.2) is 21.0 Å². The van der Waals surface area contributed by atoms with Crippen LogP contribution in [0.3, 0.4) is 0 Å². The zero-order valence-corrected chi connectivity index (χ0v) is 14.5. The van der Waals surface area contributed by atoms with Gasteiger partial charge in [0, 0.05) is 28.2 Å². The van der Waals surface area contributed by atoms with Gasteiger partial charge in [-0.3, -0.25) is 0 Å². The minimum Gasteiger partial charge on any atom is -0.358 e. The van der Waals surface area contributed by atoms with E-state index in [4.69, 9.17) is 16.6 Å². The third-order valence-electron chi connectivity index (χ3n) is 4.81. The molecule has 0 unspecified atom stereocenters. The molecule has 0 aliphatic heterocycles. The van der Waals surface area contributed by atoms with Crippen molar-refractivity contribution < 1.29 is 0 Å². The lowest BCUT2D eigenvalue weighted by atomic mass is 9.96. The predicted octanol–water partition coefficient (Wildman–Crippen LogP) is 5.33. The van der Waals surface area contributed by atoms with Gasteiger partial charge in [0.2, 0.25) is 5.95 Å². The molecule has 0 spiro atoms. The topological polar surface area (TPSA) is 53.6 Å². The van der Waals surface area contributed by atoms with Crippen LogP contribution < -0.4 is 5.32 Å². The molecule has 1 fully saturated rings. The summed E-state index contributed by atoms with van der Waals surface area (Å²) in [5.74, 6) is 0.672. The number of hydrogen-bond acceptors (Lipinski definition) is 3. The summed E-state index contributed by atoms with van der Waals surface area (Å²) >= 11 is 6.44. The van der Waals surface area contributed by atoms with E-state index in [1.165, 1.54) is 32.1 Å². The summed E-state index contributed by atoms with van der Waals surface area (Å²) in [7, 11) is 0. The SMILES string of the molecule is Cc1[nH]c2ccccc2c1-c1nc(NC2CCCCC2)ncc1Cl. The predicted molar refractivity (Wildman–Crippen MR) is 99.6 cm³/mol. The van der Waals surface area contributed by atoms with Crippen LogP contribution in [-0.2, 0) is 0 Å². The maximum atomic E-state index is 6.44. The Morgan fingerprint density at radius 3 is 2.79 bits per heavy atom. The van der Waals surface area contributed by atoms with E-state index in [0.717, 1.165) is 27.9 Å². The first-order valence-corrected chi connectivity index (χ1v) is 8.97. The molecule has 0 saturated heterocycles. The number of halogens is 1. The summed E-state index contributed by atoms with van der Waals surface area (Å²) in [6.45, 7) is 2.06. The molecule has 24 heavy (non-hydrogen) atoms. The molecular formula is C19H21ClN4. The number of para-hydroxylation sites is 1. The highest BCUT2D eigenvalue weighted by Gasteiger charge is 2.18. The number of aromatic nitrogens is 3. The third kappa shape index (κ3) is 2.86. The van der Waals surface area contributed by atoms with Gasteiger partial charge in [-0.15, -0.1) is 0 Å². The summed E-state index contributed by atoms with van der Waals surface area (Å²) in [6.07, 6.45) is 7.97. The number of fused-ring (bicyclic) bond motifs is 1. The van der Waals surface area contributed by atoms with E-state index in [0.29, 0.717) is 17.0 Å². The number of aromatic amines is 1. The zero-order valence-electron chi connectivity index (χ0n) is 13.8. The number of benzene rings is 1. The fourth-order valence-corrected chi connectivity index (χ4v) is 3.81. The lowest BCUT2D eigenvalue weighted by Crippen LogP contribution is -2.23. The van der Waals surface area contributed by atoms with Crippen LogP contribution in [0.15, 0.2) is 30.5 Å². The van der Waals surface area contributed by atoms with E-state index in [-0.39, 0.29) is 0 Å². The Kier molecular flexibility index (Phi) is 4.15. The Hall–Kier alpha value is -2.07. The highest BCUT2D eigenvalue weighted by atomic mass is 35.5. The molecule has 5 heteroatoms. The average molecular weight is 341 g/mol. The smallest absolute Gasteiger partial charge is 0.223 e. The minimum absolute atomic E-state index is 0.469. The van der Waals surface area contributed by atoms with Gasteiger partial charge in [-0.2, -0.15) is 0 Å². The summed E-state index contributed by atoms with van der Waals surface area (Å²) in [6, 6.07) is 8.70. The lowest BCUT2D eigenvalue weighted by molar-refractivity contribution is 0.461. The van der Waals surface area contributed by atoms with Gasteiger partial charge in [0.1, 0.15) is 0 Å². The van der Waals surface area contributed by atoms with Crippen LogP contribution in [0.25, 0.3) is 22.2 Å². The van der Waals surface area contributed by atoms with Gasteiger partial charge >= 0.3 is 0 Å². The first kappa shape index (κ1) is 15.5. The molecule has 1 aromatic carbocycles. The normalized spacial score (nSPS) is 15.8. The quantitative estimate of drug-likeness (QED) is 0.677. The van der Waals surface area contributed by atoms with Crippen molar-refractivity contribution in [1.82, 2.24) is 15.0 Å². The molecule has 1 aliphatic carbocycles. The van der Waals surface area contributed by atoms with Crippen molar-refractivity contribution in [3.05, 3.63) is 41.2 Å². The Bertz CT molecular complexity index is 865. The molecule has 4 rings (SSSR count). The van der Waals surface area contributed by atoms with Crippen LogP contribution in [0.1, 0.15) is 37.8 Å². The Morgan fingerprint density at radius 2 is 1.96 bits per heavy atom. The second-order valence-electron chi connectivity index (χ2n) is 6.54. The fourth-order valence-electron chi connectivity index (χ4n) is 3.62. The molecule has 1 aliphatic rings. The van der Waals surface area contributed by atoms with E-state index < -0.39 is 0 Å². The number of nitrogens with zero attached hydrogens (tertiary/aromatic N) is 2. The molecular weight excluding hydrogens is 320 g/mol. The average Bonchev–Trinajstić information content (AvgIpc) is 2.93. The van der Waals surface area contributed by atoms with Crippen molar-refractivity contribution in [2.75, 3.05) is 5.32 Å². The van der Waals surface area contributed by atoms with Crippen LogP contribution in [0.5, 0.6) is 0 Å². The van der Waals surface area contributed by atoms with Gasteiger partial charge in [0.05, 0.1) is 16.9 Å². The van der Waals surface area contributed by atoms with Crippen molar-refractivity contribution in [3.8, 4) is 11.3 Å². The number of nitrogens with one attached hydrogen (secondary N) is 2. The van der Waals surface area contributed by atoms with Crippen molar-refractivity contribution in [3.63, 3.8) is 0 Å². The van der Waals surface area contributed by atoms with Gasteiger partial charge in [-0.25, -0.2) is 9.97 Å². The van der Waals surface area contributed by atoms with Crippen LogP contribution in [0.2, 0.25) is 5.02 Å². The molecule has 1 saturated carbocycles. The standard InChI is InChI=1S/C19H21ClN4/c1-12-17(14-9-5-6-10-16(14)22-12)18-15(20)11-21-19(24-18)23-13-7-3-2-4-8-13/h5-6,9-11,13,22H,2-4,7-8H2,1H3,(H,21,23,24). The van der Waals surface area contributed by atoms with E-state index in [2.05, 4.69) is 34.3 Å². The molecule has 2 heterocycles. The van der Waals surface area contributed by atoms with Crippen molar-refractivity contribution in [2.45, 2.75) is 45.1 Å². The Balaban J connectivity index is 1.74.